The average molecular weight is 292 g/mol. The molecule has 4 aromatic rings. The van der Waals surface area contributed by atoms with Gasteiger partial charge in [-0.2, -0.15) is 0 Å². The predicted octanol–water partition coefficient (Wildman–Crippen LogP) is 2.61. The number of hydrogen-bond acceptors (Lipinski definition) is 3. The molecule has 0 bridgehead atoms. The highest BCUT2D eigenvalue weighted by molar-refractivity contribution is 6.04. The Hall–Kier alpha value is -3.15. The SMILES string of the molecule is Cn1ccc2c(-n3cc(C(=O)O)c4ccccc43)ncnc21. The van der Waals surface area contributed by atoms with Crippen molar-refractivity contribution in [3.05, 3.63) is 54.6 Å². The van der Waals surface area contributed by atoms with Crippen LogP contribution in [0.5, 0.6) is 0 Å². The molecule has 4 rings (SSSR count). The van der Waals surface area contributed by atoms with Crippen LogP contribution in [-0.4, -0.2) is 30.2 Å². The summed E-state index contributed by atoms with van der Waals surface area (Å²) in [5, 5.41) is 11.0. The number of carboxylic acid groups (broad SMARTS) is 1. The number of nitrogens with zero attached hydrogens (tertiary/aromatic N) is 4. The maximum atomic E-state index is 11.5. The van der Waals surface area contributed by atoms with Crippen molar-refractivity contribution in [2.45, 2.75) is 0 Å². The van der Waals surface area contributed by atoms with Crippen LogP contribution in [0.25, 0.3) is 27.8 Å². The molecule has 0 radical (unpaired) electrons. The van der Waals surface area contributed by atoms with E-state index in [-0.39, 0.29) is 5.56 Å². The molecule has 0 spiro atoms. The van der Waals surface area contributed by atoms with Gasteiger partial charge in [0.15, 0.2) is 0 Å². The molecule has 108 valence electrons. The summed E-state index contributed by atoms with van der Waals surface area (Å²) >= 11 is 0. The summed E-state index contributed by atoms with van der Waals surface area (Å²) in [7, 11) is 1.91. The summed E-state index contributed by atoms with van der Waals surface area (Å²) in [5.74, 6) is -0.275. The zero-order valence-corrected chi connectivity index (χ0v) is 11.8. The molecule has 0 saturated heterocycles. The fourth-order valence-corrected chi connectivity index (χ4v) is 2.78. The molecule has 0 amide bonds. The second-order valence-corrected chi connectivity index (χ2v) is 5.10. The van der Waals surface area contributed by atoms with Crippen molar-refractivity contribution in [2.75, 3.05) is 0 Å². The van der Waals surface area contributed by atoms with E-state index in [1.807, 2.05) is 46.6 Å². The number of carbonyl (C=O) groups is 1. The van der Waals surface area contributed by atoms with Gasteiger partial charge in [0.05, 0.1) is 16.5 Å². The van der Waals surface area contributed by atoms with Crippen molar-refractivity contribution in [1.82, 2.24) is 19.1 Å². The highest BCUT2D eigenvalue weighted by atomic mass is 16.4. The van der Waals surface area contributed by atoms with Gasteiger partial charge in [0.2, 0.25) is 0 Å². The van der Waals surface area contributed by atoms with Crippen LogP contribution in [0.4, 0.5) is 0 Å². The fourth-order valence-electron chi connectivity index (χ4n) is 2.78. The molecule has 0 fully saturated rings. The molecule has 0 atom stereocenters. The molecule has 0 aliphatic carbocycles. The number of aryl methyl sites for hydroxylation is 1. The third-order valence-electron chi connectivity index (χ3n) is 3.81. The molecule has 6 nitrogen and oxygen atoms in total. The lowest BCUT2D eigenvalue weighted by atomic mass is 10.2. The maximum Gasteiger partial charge on any atom is 0.337 e. The zero-order chi connectivity index (χ0) is 15.3. The third kappa shape index (κ3) is 1.64. The molecule has 3 aromatic heterocycles. The largest absolute Gasteiger partial charge is 0.478 e. The van der Waals surface area contributed by atoms with Gasteiger partial charge in [0.25, 0.3) is 0 Å². The van der Waals surface area contributed by atoms with E-state index in [1.165, 1.54) is 6.33 Å². The van der Waals surface area contributed by atoms with Crippen LogP contribution in [0.15, 0.2) is 49.1 Å². The van der Waals surface area contributed by atoms with Crippen LogP contribution in [0.2, 0.25) is 0 Å². The molecule has 22 heavy (non-hydrogen) atoms. The zero-order valence-electron chi connectivity index (χ0n) is 11.8. The van der Waals surface area contributed by atoms with Gasteiger partial charge in [-0.05, 0) is 12.1 Å². The predicted molar refractivity (Wildman–Crippen MR) is 82.3 cm³/mol. The molecule has 0 saturated carbocycles. The summed E-state index contributed by atoms with van der Waals surface area (Å²) in [4.78, 5) is 20.1. The minimum absolute atomic E-state index is 0.262. The fraction of sp³-hybridized carbons (Fsp3) is 0.0625. The van der Waals surface area contributed by atoms with Gasteiger partial charge in [-0.3, -0.25) is 4.57 Å². The number of para-hydroxylation sites is 1. The Morgan fingerprint density at radius 2 is 1.95 bits per heavy atom. The first-order valence-electron chi connectivity index (χ1n) is 6.76. The molecule has 0 aliphatic heterocycles. The van der Waals surface area contributed by atoms with E-state index in [2.05, 4.69) is 9.97 Å². The summed E-state index contributed by atoms with van der Waals surface area (Å²) in [5.41, 5.74) is 1.88. The summed E-state index contributed by atoms with van der Waals surface area (Å²) < 4.78 is 3.72. The number of aromatic carboxylic acids is 1. The topological polar surface area (TPSA) is 72.9 Å². The van der Waals surface area contributed by atoms with Gasteiger partial charge in [-0.25, -0.2) is 14.8 Å². The Labute approximate surface area is 125 Å². The molecule has 0 unspecified atom stereocenters. The maximum absolute atomic E-state index is 11.5. The molecule has 0 aliphatic rings. The molecule has 6 heteroatoms. The van der Waals surface area contributed by atoms with Crippen molar-refractivity contribution in [2.24, 2.45) is 7.05 Å². The summed E-state index contributed by atoms with van der Waals surface area (Å²) in [6.07, 6.45) is 5.02. The standard InChI is InChI=1S/C16H12N4O2/c1-19-7-6-11-14(19)17-9-18-15(11)20-8-12(16(21)22)10-4-2-3-5-13(10)20/h2-9H,1H3,(H,21,22). The van der Waals surface area contributed by atoms with Gasteiger partial charge in [0.1, 0.15) is 17.8 Å². The number of fused-ring (bicyclic) bond motifs is 2. The Morgan fingerprint density at radius 3 is 2.77 bits per heavy atom. The summed E-state index contributed by atoms with van der Waals surface area (Å²) in [6.45, 7) is 0. The molecule has 1 aromatic carbocycles. The number of benzene rings is 1. The van der Waals surface area contributed by atoms with Crippen molar-refractivity contribution >= 4 is 27.9 Å². The Kier molecular flexibility index (Phi) is 2.53. The minimum Gasteiger partial charge on any atom is -0.478 e. The first-order chi connectivity index (χ1) is 10.7. The van der Waals surface area contributed by atoms with Crippen LogP contribution in [0.3, 0.4) is 0 Å². The van der Waals surface area contributed by atoms with Crippen molar-refractivity contribution < 1.29 is 9.90 Å². The van der Waals surface area contributed by atoms with Crippen LogP contribution in [0, 0.1) is 0 Å². The van der Waals surface area contributed by atoms with E-state index in [0.29, 0.717) is 11.2 Å². The van der Waals surface area contributed by atoms with Gasteiger partial charge >= 0.3 is 5.97 Å². The first-order valence-corrected chi connectivity index (χ1v) is 6.76. The van der Waals surface area contributed by atoms with Crippen molar-refractivity contribution in [3.8, 4) is 5.82 Å². The van der Waals surface area contributed by atoms with Crippen LogP contribution in [-0.2, 0) is 7.05 Å². The number of hydrogen-bond donors (Lipinski definition) is 1. The Morgan fingerprint density at radius 1 is 1.14 bits per heavy atom. The van der Waals surface area contributed by atoms with E-state index >= 15 is 0 Å². The highest BCUT2D eigenvalue weighted by Gasteiger charge is 2.17. The lowest BCUT2D eigenvalue weighted by Crippen LogP contribution is -1.99. The Bertz CT molecular complexity index is 1030. The smallest absolute Gasteiger partial charge is 0.337 e. The van der Waals surface area contributed by atoms with Crippen LogP contribution >= 0.6 is 0 Å². The van der Waals surface area contributed by atoms with Crippen molar-refractivity contribution in [3.63, 3.8) is 0 Å². The van der Waals surface area contributed by atoms with Crippen molar-refractivity contribution in [1.29, 1.82) is 0 Å². The second kappa shape index (κ2) is 4.42. The van der Waals surface area contributed by atoms with E-state index in [0.717, 1.165) is 16.6 Å². The Balaban J connectivity index is 2.11. The molecule has 3 heterocycles. The van der Waals surface area contributed by atoms with E-state index in [9.17, 15) is 9.90 Å². The molecule has 1 N–H and O–H groups in total. The van der Waals surface area contributed by atoms with Crippen LogP contribution < -0.4 is 0 Å². The van der Waals surface area contributed by atoms with Gasteiger partial charge in [-0.1, -0.05) is 18.2 Å². The normalized spacial score (nSPS) is 11.3. The molecular formula is C16H12N4O2. The first kappa shape index (κ1) is 12.6. The quantitative estimate of drug-likeness (QED) is 0.616. The number of rotatable bonds is 2. The number of aromatic nitrogens is 4. The molecular weight excluding hydrogens is 280 g/mol. The van der Waals surface area contributed by atoms with Crippen LogP contribution in [0.1, 0.15) is 10.4 Å². The van der Waals surface area contributed by atoms with Gasteiger partial charge in [-0.15, -0.1) is 0 Å². The van der Waals surface area contributed by atoms with E-state index in [4.69, 9.17) is 0 Å². The van der Waals surface area contributed by atoms with E-state index in [1.54, 1.807) is 12.3 Å². The monoisotopic (exact) mass is 292 g/mol. The second-order valence-electron chi connectivity index (χ2n) is 5.10. The van der Waals surface area contributed by atoms with Gasteiger partial charge in [0, 0.05) is 24.8 Å². The number of carboxylic acids is 1. The lowest BCUT2D eigenvalue weighted by molar-refractivity contribution is 0.0699. The van der Waals surface area contributed by atoms with Gasteiger partial charge < -0.3 is 9.67 Å². The minimum atomic E-state index is -0.951. The highest BCUT2D eigenvalue weighted by Crippen LogP contribution is 2.27. The lowest BCUT2D eigenvalue weighted by Gasteiger charge is -2.05. The summed E-state index contributed by atoms with van der Waals surface area (Å²) in [6, 6.07) is 9.34. The third-order valence-corrected chi connectivity index (χ3v) is 3.81. The average Bonchev–Trinajstić information content (AvgIpc) is 3.09. The van der Waals surface area contributed by atoms with E-state index < -0.39 is 5.97 Å².